The zero-order chi connectivity index (χ0) is 22.0. The van der Waals surface area contributed by atoms with Crippen LogP contribution in [0.25, 0.3) is 0 Å². The molecule has 1 unspecified atom stereocenters. The van der Waals surface area contributed by atoms with Gasteiger partial charge in [0.05, 0.1) is 25.4 Å². The van der Waals surface area contributed by atoms with Gasteiger partial charge >= 0.3 is 0 Å². The molecule has 7 nitrogen and oxygen atoms in total. The van der Waals surface area contributed by atoms with Gasteiger partial charge < -0.3 is 24.3 Å². The second kappa shape index (κ2) is 12.0. The molecule has 0 bridgehead atoms. The minimum Gasteiger partial charge on any atom is -0.376 e. The van der Waals surface area contributed by atoms with Crippen LogP contribution in [-0.2, 0) is 29.0 Å². The molecule has 1 N–H and O–H groups in total. The summed E-state index contributed by atoms with van der Waals surface area (Å²) >= 11 is 0. The number of hydrogen-bond donors (Lipinski definition) is 1. The van der Waals surface area contributed by atoms with Crippen molar-refractivity contribution in [2.45, 2.75) is 63.8 Å². The lowest BCUT2D eigenvalue weighted by Gasteiger charge is -2.35. The number of ether oxygens (including phenoxy) is 2. The van der Waals surface area contributed by atoms with E-state index in [1.807, 2.05) is 13.2 Å². The molecule has 0 radical (unpaired) electrons. The lowest BCUT2D eigenvalue weighted by molar-refractivity contribution is -0.0721. The summed E-state index contributed by atoms with van der Waals surface area (Å²) in [7, 11) is 1.85. The summed E-state index contributed by atoms with van der Waals surface area (Å²) in [6.07, 6.45) is 11.2. The summed E-state index contributed by atoms with van der Waals surface area (Å²) in [5.41, 5.74) is 1.34. The highest BCUT2D eigenvalue weighted by Crippen LogP contribution is 2.18. The Morgan fingerprint density at radius 3 is 2.78 bits per heavy atom. The predicted molar refractivity (Wildman–Crippen MR) is 127 cm³/mol. The van der Waals surface area contributed by atoms with Crippen LogP contribution < -0.4 is 5.32 Å². The highest BCUT2D eigenvalue weighted by molar-refractivity contribution is 5.79. The quantitative estimate of drug-likeness (QED) is 0.505. The number of imidazole rings is 1. The Kier molecular flexibility index (Phi) is 8.56. The van der Waals surface area contributed by atoms with Gasteiger partial charge in [0.1, 0.15) is 5.82 Å². The van der Waals surface area contributed by atoms with Gasteiger partial charge in [0, 0.05) is 45.7 Å². The lowest BCUT2D eigenvalue weighted by atomic mass is 10.1. The smallest absolute Gasteiger partial charge is 0.194 e. The Labute approximate surface area is 191 Å². The van der Waals surface area contributed by atoms with Crippen molar-refractivity contribution in [1.82, 2.24) is 19.8 Å². The summed E-state index contributed by atoms with van der Waals surface area (Å²) < 4.78 is 14.2. The number of benzene rings is 1. The Hall–Kier alpha value is -2.38. The number of nitrogens with one attached hydrogen (secondary N) is 1. The van der Waals surface area contributed by atoms with E-state index < -0.39 is 0 Å². The predicted octanol–water partition coefficient (Wildman–Crippen LogP) is 3.25. The number of likely N-dealkylation sites (tertiary alicyclic amines) is 1. The number of hydrogen-bond acceptors (Lipinski definition) is 4. The van der Waals surface area contributed by atoms with E-state index in [0.29, 0.717) is 18.8 Å². The molecule has 2 aromatic rings. The molecule has 174 valence electrons. The van der Waals surface area contributed by atoms with Crippen molar-refractivity contribution in [2.75, 3.05) is 33.4 Å². The molecule has 1 atom stereocenters. The van der Waals surface area contributed by atoms with Crippen LogP contribution in [0.2, 0.25) is 0 Å². The molecule has 0 amide bonds. The topological polar surface area (TPSA) is 63.9 Å². The summed E-state index contributed by atoms with van der Waals surface area (Å²) in [4.78, 5) is 11.4. The van der Waals surface area contributed by atoms with Gasteiger partial charge in [-0.1, -0.05) is 30.3 Å². The van der Waals surface area contributed by atoms with Crippen molar-refractivity contribution in [1.29, 1.82) is 0 Å². The molecule has 0 saturated carbocycles. The van der Waals surface area contributed by atoms with Gasteiger partial charge in [-0.2, -0.15) is 0 Å². The van der Waals surface area contributed by atoms with Crippen molar-refractivity contribution in [3.63, 3.8) is 0 Å². The first kappa shape index (κ1) is 22.8. The third-order valence-electron chi connectivity index (χ3n) is 6.44. The lowest BCUT2D eigenvalue weighted by Crippen LogP contribution is -2.47. The highest BCUT2D eigenvalue weighted by atomic mass is 16.5. The van der Waals surface area contributed by atoms with Crippen LogP contribution in [0.5, 0.6) is 0 Å². The fourth-order valence-electron chi connectivity index (χ4n) is 4.51. The Morgan fingerprint density at radius 2 is 2.03 bits per heavy atom. The van der Waals surface area contributed by atoms with Gasteiger partial charge in [-0.3, -0.25) is 4.99 Å². The molecule has 3 heterocycles. The van der Waals surface area contributed by atoms with Crippen LogP contribution in [0.15, 0.2) is 47.7 Å². The van der Waals surface area contributed by atoms with Gasteiger partial charge in [-0.05, 0) is 44.1 Å². The number of nitrogens with zero attached hydrogens (tertiary/aromatic N) is 4. The summed E-state index contributed by atoms with van der Waals surface area (Å²) in [6, 6.07) is 10.6. The van der Waals surface area contributed by atoms with Crippen LogP contribution in [0.4, 0.5) is 0 Å². The van der Waals surface area contributed by atoms with Crippen molar-refractivity contribution in [2.24, 2.45) is 4.99 Å². The third kappa shape index (κ3) is 6.56. The number of aromatic nitrogens is 2. The van der Waals surface area contributed by atoms with E-state index in [-0.39, 0.29) is 0 Å². The largest absolute Gasteiger partial charge is 0.376 e. The third-order valence-corrected chi connectivity index (χ3v) is 6.44. The number of rotatable bonds is 8. The maximum absolute atomic E-state index is 6.16. The first-order valence-electron chi connectivity index (χ1n) is 12.0. The molecular weight excluding hydrogens is 402 g/mol. The van der Waals surface area contributed by atoms with Crippen molar-refractivity contribution < 1.29 is 9.47 Å². The van der Waals surface area contributed by atoms with Gasteiger partial charge in [-0.25, -0.2) is 4.98 Å². The van der Waals surface area contributed by atoms with E-state index in [1.54, 1.807) is 0 Å². The normalized spacial score (nSPS) is 20.5. The second-order valence-electron chi connectivity index (χ2n) is 8.68. The summed E-state index contributed by atoms with van der Waals surface area (Å²) in [5, 5.41) is 3.51. The van der Waals surface area contributed by atoms with E-state index in [9.17, 15) is 0 Å². The van der Waals surface area contributed by atoms with Crippen LogP contribution in [-0.4, -0.2) is 66.0 Å². The molecule has 2 aliphatic rings. The van der Waals surface area contributed by atoms with E-state index >= 15 is 0 Å². The standard InChI is InChI=1S/C25H37N5O2/c1-26-25(30-15-11-22(12-16-30)32-20-23-9-5-6-18-31-23)28-19-24-27-13-17-29(24)14-10-21-7-3-2-4-8-21/h2-4,7-8,13,17,22-23H,5-6,9-12,14-16,18-20H2,1H3,(H,26,28). The Morgan fingerprint density at radius 1 is 1.19 bits per heavy atom. The van der Waals surface area contributed by atoms with Crippen LogP contribution in [0, 0.1) is 0 Å². The average molecular weight is 440 g/mol. The average Bonchev–Trinajstić information content (AvgIpc) is 3.31. The molecule has 4 rings (SSSR count). The van der Waals surface area contributed by atoms with Crippen LogP contribution in [0.3, 0.4) is 0 Å². The van der Waals surface area contributed by atoms with Crippen molar-refractivity contribution >= 4 is 5.96 Å². The number of guanidine groups is 1. The van der Waals surface area contributed by atoms with Gasteiger partial charge in [0.2, 0.25) is 0 Å². The molecular formula is C25H37N5O2. The highest BCUT2D eigenvalue weighted by Gasteiger charge is 2.24. The SMILES string of the molecule is CN=C(NCc1nccn1CCc1ccccc1)N1CCC(OCC2CCCCO2)CC1. The molecule has 2 aliphatic heterocycles. The van der Waals surface area contributed by atoms with Crippen LogP contribution in [0.1, 0.15) is 43.5 Å². The minimum absolute atomic E-state index is 0.293. The fourth-order valence-corrected chi connectivity index (χ4v) is 4.51. The van der Waals surface area contributed by atoms with Crippen molar-refractivity contribution in [3.8, 4) is 0 Å². The maximum atomic E-state index is 6.16. The molecule has 2 fully saturated rings. The first-order chi connectivity index (χ1) is 15.8. The molecule has 0 spiro atoms. The zero-order valence-corrected chi connectivity index (χ0v) is 19.3. The number of piperidine rings is 1. The Balaban J connectivity index is 1.20. The molecule has 32 heavy (non-hydrogen) atoms. The van der Waals surface area contributed by atoms with Gasteiger partial charge in [0.15, 0.2) is 5.96 Å². The molecule has 1 aromatic carbocycles. The molecule has 7 heteroatoms. The minimum atomic E-state index is 0.293. The molecule has 1 aromatic heterocycles. The van der Waals surface area contributed by atoms with E-state index in [0.717, 1.165) is 70.3 Å². The van der Waals surface area contributed by atoms with E-state index in [1.165, 1.54) is 18.4 Å². The first-order valence-corrected chi connectivity index (χ1v) is 12.0. The Bertz CT molecular complexity index is 824. The van der Waals surface area contributed by atoms with E-state index in [4.69, 9.17) is 9.47 Å². The van der Waals surface area contributed by atoms with Crippen molar-refractivity contribution in [3.05, 3.63) is 54.1 Å². The summed E-state index contributed by atoms with van der Waals surface area (Å²) in [5.74, 6) is 1.98. The summed E-state index contributed by atoms with van der Waals surface area (Å²) in [6.45, 7) is 5.13. The number of aliphatic imine (C=N–C) groups is 1. The van der Waals surface area contributed by atoms with E-state index in [2.05, 4.69) is 61.3 Å². The molecule has 2 saturated heterocycles. The molecule has 0 aliphatic carbocycles. The fraction of sp³-hybridized carbons (Fsp3) is 0.600. The van der Waals surface area contributed by atoms with Gasteiger partial charge in [0.25, 0.3) is 0 Å². The zero-order valence-electron chi connectivity index (χ0n) is 19.3. The van der Waals surface area contributed by atoms with Crippen LogP contribution >= 0.6 is 0 Å². The monoisotopic (exact) mass is 439 g/mol. The number of aryl methyl sites for hydroxylation is 2. The second-order valence-corrected chi connectivity index (χ2v) is 8.68. The van der Waals surface area contributed by atoms with Gasteiger partial charge in [-0.15, -0.1) is 0 Å². The maximum Gasteiger partial charge on any atom is 0.194 e.